The van der Waals surface area contributed by atoms with Crippen molar-refractivity contribution in [2.75, 3.05) is 13.6 Å². The van der Waals surface area contributed by atoms with Crippen LogP contribution in [0.2, 0.25) is 0 Å². The minimum Gasteiger partial charge on any atom is -0.589 e. The van der Waals surface area contributed by atoms with Crippen LogP contribution in [0.1, 0.15) is 0 Å². The van der Waals surface area contributed by atoms with E-state index in [2.05, 4.69) is 0 Å². The molecule has 3 heteroatoms. The predicted octanol–water partition coefficient (Wildman–Crippen LogP) is 0.946. The van der Waals surface area contributed by atoms with E-state index in [0.717, 1.165) is 0 Å². The molecule has 1 aliphatic heterocycles. The summed E-state index contributed by atoms with van der Waals surface area (Å²) in [5, 5.41) is 11.0. The normalized spacial score (nSPS) is 33.6. The monoisotopic (exact) mass is 127 g/mol. The minimum absolute atomic E-state index is 0.368. The second-order valence-corrected chi connectivity index (χ2v) is 2.06. The molecule has 0 aromatic carbocycles. The highest BCUT2D eigenvalue weighted by Crippen LogP contribution is 2.04. The van der Waals surface area contributed by atoms with Gasteiger partial charge in [0.05, 0.1) is 0 Å². The van der Waals surface area contributed by atoms with E-state index in [9.17, 15) is 5.21 Å². The molecule has 0 saturated carbocycles. The zero-order valence-electron chi connectivity index (χ0n) is 5.28. The van der Waals surface area contributed by atoms with Crippen molar-refractivity contribution < 1.29 is 9.65 Å². The van der Waals surface area contributed by atoms with E-state index in [1.54, 1.807) is 18.2 Å². The molecule has 1 unspecified atom stereocenters. The van der Waals surface area contributed by atoms with Gasteiger partial charge in [0.1, 0.15) is 13.6 Å². The van der Waals surface area contributed by atoms with Crippen LogP contribution in [0.4, 0.5) is 0 Å². The van der Waals surface area contributed by atoms with Crippen molar-refractivity contribution in [3.8, 4) is 0 Å². The van der Waals surface area contributed by atoms with Crippen molar-refractivity contribution in [3.63, 3.8) is 0 Å². The number of rotatable bonds is 0. The first-order valence-electron chi connectivity index (χ1n) is 2.77. The molecule has 1 rings (SSSR count). The number of hydrogen-bond acceptors (Lipinski definition) is 2. The molecule has 0 N–H and O–H groups in total. The highest BCUT2D eigenvalue weighted by atomic mass is 16.9. The number of allylic oxidation sites excluding steroid dienone is 2. The van der Waals surface area contributed by atoms with Crippen LogP contribution < -0.4 is 0 Å². The highest BCUT2D eigenvalue weighted by molar-refractivity contribution is 5.00. The third-order valence-electron chi connectivity index (χ3n) is 1.05. The molecule has 0 aromatic heterocycles. The predicted molar refractivity (Wildman–Crippen MR) is 33.8 cm³/mol. The molecule has 3 nitrogen and oxygen atoms in total. The first kappa shape index (κ1) is 6.32. The Morgan fingerprint density at radius 2 is 2.33 bits per heavy atom. The van der Waals surface area contributed by atoms with Gasteiger partial charge < -0.3 is 10.0 Å². The molecule has 0 bridgehead atoms. The Kier molecular flexibility index (Phi) is 1.55. The van der Waals surface area contributed by atoms with Crippen molar-refractivity contribution in [1.29, 1.82) is 0 Å². The highest BCUT2D eigenvalue weighted by Gasteiger charge is 2.07. The van der Waals surface area contributed by atoms with Crippen molar-refractivity contribution in [1.82, 2.24) is 0 Å². The fourth-order valence-electron chi connectivity index (χ4n) is 0.583. The van der Waals surface area contributed by atoms with E-state index in [-0.39, 0.29) is 0 Å². The van der Waals surface area contributed by atoms with Crippen molar-refractivity contribution in [2.24, 2.45) is 0 Å². The molecule has 0 radical (unpaired) electrons. The summed E-state index contributed by atoms with van der Waals surface area (Å²) in [6.07, 6.45) is 6.66. The average Bonchev–Trinajstić information content (AvgIpc) is 1.92. The number of likely N-dealkylation sites (N-methyl/N-ethyl adjacent to an activating group) is 1. The molecule has 1 atom stereocenters. The average molecular weight is 127 g/mol. The van der Waals surface area contributed by atoms with Gasteiger partial charge in [0, 0.05) is 0 Å². The summed E-state index contributed by atoms with van der Waals surface area (Å²) in [5.74, 6) is 0. The molecule has 0 fully saturated rings. The Morgan fingerprint density at radius 1 is 1.56 bits per heavy atom. The van der Waals surface area contributed by atoms with Gasteiger partial charge in [0.2, 0.25) is 0 Å². The zero-order chi connectivity index (χ0) is 6.74. The van der Waals surface area contributed by atoms with Crippen LogP contribution >= 0.6 is 0 Å². The molecule has 9 heavy (non-hydrogen) atoms. The van der Waals surface area contributed by atoms with Crippen molar-refractivity contribution in [3.05, 3.63) is 29.7 Å². The maximum Gasteiger partial charge on any atom is 0.154 e. The van der Waals surface area contributed by atoms with Gasteiger partial charge >= 0.3 is 0 Å². The van der Waals surface area contributed by atoms with E-state index in [1.165, 1.54) is 13.3 Å². The van der Waals surface area contributed by atoms with Gasteiger partial charge in [-0.15, -0.1) is 0 Å². The van der Waals surface area contributed by atoms with Gasteiger partial charge in [-0.25, -0.2) is 0 Å². The van der Waals surface area contributed by atoms with Gasteiger partial charge in [-0.2, -0.15) is 4.81 Å². The maximum atomic E-state index is 11.0. The van der Waals surface area contributed by atoms with Crippen LogP contribution in [0.3, 0.4) is 0 Å². The SMILES string of the molecule is C[N+]1([O-])CC=CC=CO1. The zero-order valence-corrected chi connectivity index (χ0v) is 5.28. The van der Waals surface area contributed by atoms with Crippen LogP contribution in [0.15, 0.2) is 24.5 Å². The lowest BCUT2D eigenvalue weighted by Gasteiger charge is -2.31. The van der Waals surface area contributed by atoms with Gasteiger partial charge in [-0.1, -0.05) is 6.08 Å². The summed E-state index contributed by atoms with van der Waals surface area (Å²) >= 11 is 0. The number of hydrogen-bond donors (Lipinski definition) is 0. The van der Waals surface area contributed by atoms with Crippen molar-refractivity contribution in [2.45, 2.75) is 0 Å². The minimum atomic E-state index is -0.674. The summed E-state index contributed by atoms with van der Waals surface area (Å²) in [6, 6.07) is 0. The summed E-state index contributed by atoms with van der Waals surface area (Å²) in [6.45, 7) is 0.368. The summed E-state index contributed by atoms with van der Waals surface area (Å²) in [7, 11) is 1.46. The lowest BCUT2D eigenvalue weighted by atomic mass is 10.5. The lowest BCUT2D eigenvalue weighted by Crippen LogP contribution is -2.35. The molecular formula is C6H9NO2. The van der Waals surface area contributed by atoms with E-state index in [0.29, 0.717) is 6.54 Å². The van der Waals surface area contributed by atoms with Crippen LogP contribution in [0.5, 0.6) is 0 Å². The molecule has 0 aromatic rings. The van der Waals surface area contributed by atoms with Crippen molar-refractivity contribution >= 4 is 0 Å². The smallest absolute Gasteiger partial charge is 0.154 e. The first-order chi connectivity index (χ1) is 4.21. The maximum absolute atomic E-state index is 11.0. The first-order valence-corrected chi connectivity index (χ1v) is 2.77. The van der Waals surface area contributed by atoms with E-state index in [4.69, 9.17) is 4.84 Å². The van der Waals surface area contributed by atoms with E-state index >= 15 is 0 Å². The molecule has 0 aliphatic carbocycles. The Morgan fingerprint density at radius 3 is 3.11 bits per heavy atom. The fourth-order valence-corrected chi connectivity index (χ4v) is 0.583. The standard InChI is InChI=1S/C6H9NO2/c1-7(8)5-3-2-4-6-9-7/h2-4,6H,5H2,1H3. The summed E-state index contributed by atoms with van der Waals surface area (Å²) < 4.78 is 0. The van der Waals surface area contributed by atoms with Gasteiger partial charge in [-0.05, 0) is 12.2 Å². The molecule has 0 saturated heterocycles. The number of quaternary nitrogens is 1. The Bertz CT molecular complexity index is 133. The van der Waals surface area contributed by atoms with Gasteiger partial charge in [-0.3, -0.25) is 0 Å². The van der Waals surface area contributed by atoms with Crippen LogP contribution in [-0.4, -0.2) is 18.4 Å². The Hall–Kier alpha value is -0.800. The van der Waals surface area contributed by atoms with E-state index < -0.39 is 4.81 Å². The quantitative estimate of drug-likeness (QED) is 0.358. The summed E-state index contributed by atoms with van der Waals surface area (Å²) in [5.41, 5.74) is 0. The van der Waals surface area contributed by atoms with Gasteiger partial charge in [0.25, 0.3) is 0 Å². The molecule has 1 aliphatic rings. The molecular weight excluding hydrogens is 118 g/mol. The largest absolute Gasteiger partial charge is 0.589 e. The topological polar surface area (TPSA) is 32.3 Å². The summed E-state index contributed by atoms with van der Waals surface area (Å²) in [4.78, 5) is 4.06. The van der Waals surface area contributed by atoms with Crippen LogP contribution in [0, 0.1) is 5.21 Å². The van der Waals surface area contributed by atoms with Gasteiger partial charge in [0.15, 0.2) is 6.26 Å². The molecule has 50 valence electrons. The molecule has 1 heterocycles. The second-order valence-electron chi connectivity index (χ2n) is 2.06. The third kappa shape index (κ3) is 1.87. The second kappa shape index (κ2) is 2.21. The number of nitrogens with zero attached hydrogens (tertiary/aromatic N) is 1. The van der Waals surface area contributed by atoms with Crippen LogP contribution in [-0.2, 0) is 4.84 Å². The Labute approximate surface area is 54.0 Å². The molecule has 0 amide bonds. The third-order valence-corrected chi connectivity index (χ3v) is 1.05. The lowest BCUT2D eigenvalue weighted by molar-refractivity contribution is -1.04. The Balaban J connectivity index is 2.61. The fraction of sp³-hybridized carbons (Fsp3) is 0.333. The number of hydroxylamine groups is 4. The van der Waals surface area contributed by atoms with Crippen LogP contribution in [0.25, 0.3) is 0 Å². The molecule has 0 spiro atoms. The van der Waals surface area contributed by atoms with E-state index in [1.807, 2.05) is 0 Å².